The summed E-state index contributed by atoms with van der Waals surface area (Å²) in [5, 5.41) is 0. The largest absolute Gasteiger partial charge is 0.340 e. The van der Waals surface area contributed by atoms with Crippen LogP contribution in [0.3, 0.4) is 0 Å². The van der Waals surface area contributed by atoms with Gasteiger partial charge in [-0.25, -0.2) is 0 Å². The zero-order valence-electron chi connectivity index (χ0n) is 10.5. The molecule has 1 unspecified atom stereocenters. The summed E-state index contributed by atoms with van der Waals surface area (Å²) >= 11 is 0. The van der Waals surface area contributed by atoms with E-state index >= 15 is 0 Å². The molecule has 1 heterocycles. The highest BCUT2D eigenvalue weighted by atomic mass is 16.2. The fourth-order valence-corrected chi connectivity index (χ4v) is 2.31. The van der Waals surface area contributed by atoms with Crippen LogP contribution in [0.25, 0.3) is 0 Å². The van der Waals surface area contributed by atoms with Crippen molar-refractivity contribution < 1.29 is 4.79 Å². The number of nitrogens with zero attached hydrogens (tertiary/aromatic N) is 1. The van der Waals surface area contributed by atoms with Crippen LogP contribution in [0.1, 0.15) is 59.3 Å². The van der Waals surface area contributed by atoms with E-state index in [-0.39, 0.29) is 0 Å². The van der Waals surface area contributed by atoms with E-state index in [0.717, 1.165) is 25.8 Å². The maximum absolute atomic E-state index is 12.0. The molecular weight excluding hydrogens is 186 g/mol. The Labute approximate surface area is 94.0 Å². The Morgan fingerprint density at radius 2 is 2.13 bits per heavy atom. The first-order valence-electron chi connectivity index (χ1n) is 6.44. The molecule has 1 fully saturated rings. The molecule has 88 valence electrons. The molecule has 0 spiro atoms. The van der Waals surface area contributed by atoms with Gasteiger partial charge in [0, 0.05) is 19.0 Å². The summed E-state index contributed by atoms with van der Waals surface area (Å²) in [6, 6.07) is 0.526. The highest BCUT2D eigenvalue weighted by Crippen LogP contribution is 2.21. The fraction of sp³-hybridized carbons (Fsp3) is 0.923. The zero-order chi connectivity index (χ0) is 11.3. The molecule has 1 aliphatic rings. The van der Waals surface area contributed by atoms with Gasteiger partial charge in [0.05, 0.1) is 0 Å². The molecule has 0 N–H and O–H groups in total. The van der Waals surface area contributed by atoms with Gasteiger partial charge in [0.2, 0.25) is 5.91 Å². The Hall–Kier alpha value is -0.530. The van der Waals surface area contributed by atoms with Gasteiger partial charge in [0.25, 0.3) is 0 Å². The van der Waals surface area contributed by atoms with Gasteiger partial charge in [0.15, 0.2) is 0 Å². The van der Waals surface area contributed by atoms with Crippen molar-refractivity contribution in [1.29, 1.82) is 0 Å². The maximum atomic E-state index is 12.0. The second kappa shape index (κ2) is 6.14. The number of amides is 1. The average Bonchev–Trinajstić information content (AvgIpc) is 2.25. The first kappa shape index (κ1) is 12.5. The summed E-state index contributed by atoms with van der Waals surface area (Å²) in [6.45, 7) is 7.55. The van der Waals surface area contributed by atoms with Crippen molar-refractivity contribution in [2.75, 3.05) is 6.54 Å². The van der Waals surface area contributed by atoms with E-state index in [2.05, 4.69) is 25.7 Å². The standard InChI is InChI=1S/C13H25NO/c1-4-12-7-5-6-10-14(12)13(15)9-8-11(2)3/h11-12H,4-10H2,1-3H3. The molecular formula is C13H25NO. The first-order valence-corrected chi connectivity index (χ1v) is 6.44. The molecule has 1 amide bonds. The van der Waals surface area contributed by atoms with E-state index in [1.165, 1.54) is 19.3 Å². The third kappa shape index (κ3) is 3.84. The molecule has 1 atom stereocenters. The van der Waals surface area contributed by atoms with Gasteiger partial charge >= 0.3 is 0 Å². The van der Waals surface area contributed by atoms with Gasteiger partial charge in [0.1, 0.15) is 0 Å². The van der Waals surface area contributed by atoms with Crippen LogP contribution in [0, 0.1) is 5.92 Å². The van der Waals surface area contributed by atoms with E-state index in [4.69, 9.17) is 0 Å². The molecule has 0 aromatic heterocycles. The Balaban J connectivity index is 2.41. The molecule has 2 nitrogen and oxygen atoms in total. The van der Waals surface area contributed by atoms with Crippen LogP contribution in [0.4, 0.5) is 0 Å². The number of carbonyl (C=O) groups excluding carboxylic acids is 1. The molecule has 0 bridgehead atoms. The summed E-state index contributed by atoms with van der Waals surface area (Å²) in [6.07, 6.45) is 6.60. The molecule has 15 heavy (non-hydrogen) atoms. The van der Waals surface area contributed by atoms with Crippen molar-refractivity contribution in [3.05, 3.63) is 0 Å². The molecule has 1 rings (SSSR count). The SMILES string of the molecule is CCC1CCCCN1C(=O)CCC(C)C. The third-order valence-corrected chi connectivity index (χ3v) is 3.35. The lowest BCUT2D eigenvalue weighted by atomic mass is 9.98. The van der Waals surface area contributed by atoms with Gasteiger partial charge in [-0.3, -0.25) is 4.79 Å². The minimum absolute atomic E-state index is 0.384. The Bertz CT molecular complexity index is 201. The van der Waals surface area contributed by atoms with Crippen molar-refractivity contribution >= 4 is 5.91 Å². The van der Waals surface area contributed by atoms with Crippen LogP contribution in [0.15, 0.2) is 0 Å². The normalized spacial score (nSPS) is 22.1. The highest BCUT2D eigenvalue weighted by molar-refractivity contribution is 5.76. The van der Waals surface area contributed by atoms with E-state index < -0.39 is 0 Å². The maximum Gasteiger partial charge on any atom is 0.222 e. The predicted molar refractivity (Wildman–Crippen MR) is 63.7 cm³/mol. The van der Waals surface area contributed by atoms with Crippen molar-refractivity contribution in [3.8, 4) is 0 Å². The Morgan fingerprint density at radius 3 is 2.73 bits per heavy atom. The minimum atomic E-state index is 0.384. The summed E-state index contributed by atoms with van der Waals surface area (Å²) in [4.78, 5) is 14.1. The minimum Gasteiger partial charge on any atom is -0.340 e. The van der Waals surface area contributed by atoms with Crippen LogP contribution >= 0.6 is 0 Å². The van der Waals surface area contributed by atoms with E-state index in [9.17, 15) is 4.79 Å². The molecule has 0 aromatic rings. The summed E-state index contributed by atoms with van der Waals surface area (Å²) in [5.74, 6) is 1.02. The van der Waals surface area contributed by atoms with Gasteiger partial charge in [-0.15, -0.1) is 0 Å². The Kier molecular flexibility index (Phi) is 5.13. The third-order valence-electron chi connectivity index (χ3n) is 3.35. The van der Waals surface area contributed by atoms with E-state index in [0.29, 0.717) is 17.9 Å². The topological polar surface area (TPSA) is 20.3 Å². The fourth-order valence-electron chi connectivity index (χ4n) is 2.31. The van der Waals surface area contributed by atoms with E-state index in [1.807, 2.05) is 0 Å². The molecule has 0 aromatic carbocycles. The average molecular weight is 211 g/mol. The number of hydrogen-bond acceptors (Lipinski definition) is 1. The second-order valence-electron chi connectivity index (χ2n) is 5.08. The number of piperidine rings is 1. The summed E-state index contributed by atoms with van der Waals surface area (Å²) in [5.41, 5.74) is 0. The van der Waals surface area contributed by atoms with Crippen molar-refractivity contribution in [2.45, 2.75) is 65.3 Å². The Morgan fingerprint density at radius 1 is 1.40 bits per heavy atom. The molecule has 2 heteroatoms. The summed E-state index contributed by atoms with van der Waals surface area (Å²) in [7, 11) is 0. The monoisotopic (exact) mass is 211 g/mol. The van der Waals surface area contributed by atoms with Crippen LogP contribution in [-0.2, 0) is 4.79 Å². The van der Waals surface area contributed by atoms with E-state index in [1.54, 1.807) is 0 Å². The number of carbonyl (C=O) groups is 1. The lowest BCUT2D eigenvalue weighted by Crippen LogP contribution is -2.43. The zero-order valence-corrected chi connectivity index (χ0v) is 10.5. The lowest BCUT2D eigenvalue weighted by molar-refractivity contribution is -0.135. The van der Waals surface area contributed by atoms with Crippen molar-refractivity contribution in [2.24, 2.45) is 5.92 Å². The predicted octanol–water partition coefficient (Wildman–Crippen LogP) is 3.21. The van der Waals surface area contributed by atoms with Gasteiger partial charge in [-0.1, -0.05) is 20.8 Å². The highest BCUT2D eigenvalue weighted by Gasteiger charge is 2.24. The number of likely N-dealkylation sites (tertiary alicyclic amines) is 1. The van der Waals surface area contributed by atoms with Crippen LogP contribution in [0.5, 0.6) is 0 Å². The van der Waals surface area contributed by atoms with Crippen LogP contribution in [0.2, 0.25) is 0 Å². The van der Waals surface area contributed by atoms with Gasteiger partial charge < -0.3 is 4.90 Å². The molecule has 1 saturated heterocycles. The van der Waals surface area contributed by atoms with Gasteiger partial charge in [-0.2, -0.15) is 0 Å². The molecule has 0 saturated carbocycles. The smallest absolute Gasteiger partial charge is 0.222 e. The van der Waals surface area contributed by atoms with Crippen LogP contribution < -0.4 is 0 Å². The van der Waals surface area contributed by atoms with Gasteiger partial charge in [-0.05, 0) is 38.0 Å². The van der Waals surface area contributed by atoms with Crippen LogP contribution in [-0.4, -0.2) is 23.4 Å². The number of rotatable bonds is 4. The first-order chi connectivity index (χ1) is 7.15. The quantitative estimate of drug-likeness (QED) is 0.699. The number of hydrogen-bond donors (Lipinski definition) is 0. The second-order valence-corrected chi connectivity index (χ2v) is 5.08. The van der Waals surface area contributed by atoms with Crippen molar-refractivity contribution in [1.82, 2.24) is 4.90 Å². The lowest BCUT2D eigenvalue weighted by Gasteiger charge is -2.35. The molecule has 1 aliphatic heterocycles. The molecule has 0 aliphatic carbocycles. The van der Waals surface area contributed by atoms with Crippen molar-refractivity contribution in [3.63, 3.8) is 0 Å². The summed E-state index contributed by atoms with van der Waals surface area (Å²) < 4.78 is 0. The molecule has 0 radical (unpaired) electrons.